The van der Waals surface area contributed by atoms with Gasteiger partial charge in [-0.2, -0.15) is 0 Å². The van der Waals surface area contributed by atoms with E-state index in [2.05, 4.69) is 0 Å². The van der Waals surface area contributed by atoms with Crippen LogP contribution in [0.25, 0.3) is 0 Å². The maximum Gasteiger partial charge on any atom is 0.343 e. The maximum absolute atomic E-state index is 12.6. The lowest BCUT2D eigenvalue weighted by molar-refractivity contribution is 0.0731. The normalized spacial score (nSPS) is 11.6. The lowest BCUT2D eigenvalue weighted by Crippen LogP contribution is -2.23. The van der Waals surface area contributed by atoms with Crippen LogP contribution in [0.5, 0.6) is 5.75 Å². The van der Waals surface area contributed by atoms with Crippen molar-refractivity contribution < 1.29 is 17.9 Å². The smallest absolute Gasteiger partial charge is 0.343 e. The summed E-state index contributed by atoms with van der Waals surface area (Å²) in [5.74, 6) is -0.0662. The second-order valence-electron chi connectivity index (χ2n) is 5.87. The third-order valence-corrected chi connectivity index (χ3v) is 5.62. The summed E-state index contributed by atoms with van der Waals surface area (Å²) in [7, 11) is -0.717. The molecule has 0 aliphatic rings. The van der Waals surface area contributed by atoms with Crippen molar-refractivity contribution >= 4 is 16.0 Å². The largest absolute Gasteiger partial charge is 0.422 e. The minimum atomic E-state index is -3.61. The Morgan fingerprint density at radius 3 is 2.08 bits per heavy atom. The van der Waals surface area contributed by atoms with Gasteiger partial charge >= 0.3 is 5.97 Å². The monoisotopic (exact) mass is 347 g/mol. The number of esters is 1. The first-order valence-corrected chi connectivity index (χ1v) is 8.90. The Kier molecular flexibility index (Phi) is 5.11. The van der Waals surface area contributed by atoms with E-state index >= 15 is 0 Å². The van der Waals surface area contributed by atoms with Gasteiger partial charge in [0.05, 0.1) is 10.5 Å². The zero-order valence-corrected chi connectivity index (χ0v) is 15.3. The van der Waals surface area contributed by atoms with E-state index in [0.717, 1.165) is 15.4 Å². The number of carbonyl (C=O) groups is 1. The molecule has 0 saturated heterocycles. The Bertz CT molecular complexity index is 866. The van der Waals surface area contributed by atoms with Gasteiger partial charge in [0.25, 0.3) is 0 Å². The van der Waals surface area contributed by atoms with Crippen molar-refractivity contribution in [3.8, 4) is 5.75 Å². The molecule has 2 rings (SSSR count). The van der Waals surface area contributed by atoms with Gasteiger partial charge in [0.2, 0.25) is 10.0 Å². The molecular weight excluding hydrogens is 326 g/mol. The molecule has 0 atom stereocenters. The van der Waals surface area contributed by atoms with Crippen molar-refractivity contribution in [1.29, 1.82) is 0 Å². The van der Waals surface area contributed by atoms with Gasteiger partial charge < -0.3 is 4.74 Å². The number of aryl methyl sites for hydroxylation is 3. The van der Waals surface area contributed by atoms with E-state index in [1.54, 1.807) is 13.0 Å². The number of para-hydroxylation sites is 1. The third kappa shape index (κ3) is 3.49. The second-order valence-corrected chi connectivity index (χ2v) is 8.03. The Balaban J connectivity index is 2.43. The highest BCUT2D eigenvalue weighted by Gasteiger charge is 2.21. The summed E-state index contributed by atoms with van der Waals surface area (Å²) in [6, 6.07) is 10.1. The Labute approximate surface area is 142 Å². The standard InChI is InChI=1S/C18H21NO4S/c1-12-9-10-15(24(21,22)19(4)5)11-16(12)18(20)23-17-13(2)7-6-8-14(17)3/h6-11H,1-5H3. The second kappa shape index (κ2) is 6.75. The molecule has 0 radical (unpaired) electrons. The first-order valence-electron chi connectivity index (χ1n) is 7.46. The summed E-state index contributed by atoms with van der Waals surface area (Å²) in [6.45, 7) is 5.46. The summed E-state index contributed by atoms with van der Waals surface area (Å²) in [4.78, 5) is 12.6. The van der Waals surface area contributed by atoms with Crippen LogP contribution in [0, 0.1) is 20.8 Å². The molecule has 128 valence electrons. The molecule has 0 fully saturated rings. The highest BCUT2D eigenvalue weighted by Crippen LogP contribution is 2.25. The lowest BCUT2D eigenvalue weighted by Gasteiger charge is -2.14. The number of rotatable bonds is 4. The molecule has 0 spiro atoms. The summed E-state index contributed by atoms with van der Waals surface area (Å²) in [6.07, 6.45) is 0. The van der Waals surface area contributed by atoms with Crippen molar-refractivity contribution in [2.24, 2.45) is 0 Å². The van der Waals surface area contributed by atoms with Crippen LogP contribution in [0.3, 0.4) is 0 Å². The van der Waals surface area contributed by atoms with Crippen molar-refractivity contribution in [3.63, 3.8) is 0 Å². The van der Waals surface area contributed by atoms with Gasteiger partial charge in [-0.25, -0.2) is 17.5 Å². The average molecular weight is 347 g/mol. The van der Waals surface area contributed by atoms with Crippen LogP contribution in [0.1, 0.15) is 27.0 Å². The molecule has 0 aliphatic carbocycles. The van der Waals surface area contributed by atoms with E-state index in [4.69, 9.17) is 4.74 Å². The van der Waals surface area contributed by atoms with Gasteiger partial charge in [-0.05, 0) is 49.6 Å². The number of benzene rings is 2. The molecule has 2 aromatic carbocycles. The summed E-state index contributed by atoms with van der Waals surface area (Å²) >= 11 is 0. The Morgan fingerprint density at radius 2 is 1.54 bits per heavy atom. The van der Waals surface area contributed by atoms with Gasteiger partial charge in [0.1, 0.15) is 5.75 Å². The van der Waals surface area contributed by atoms with Crippen molar-refractivity contribution in [2.75, 3.05) is 14.1 Å². The van der Waals surface area contributed by atoms with Gasteiger partial charge in [-0.1, -0.05) is 24.3 Å². The van der Waals surface area contributed by atoms with E-state index in [-0.39, 0.29) is 10.5 Å². The molecule has 0 amide bonds. The zero-order chi connectivity index (χ0) is 18.1. The van der Waals surface area contributed by atoms with Crippen LogP contribution in [-0.4, -0.2) is 32.8 Å². The third-order valence-electron chi connectivity index (χ3n) is 3.81. The minimum Gasteiger partial charge on any atom is -0.422 e. The topological polar surface area (TPSA) is 63.7 Å². The summed E-state index contributed by atoms with van der Waals surface area (Å²) in [5, 5.41) is 0. The summed E-state index contributed by atoms with van der Waals surface area (Å²) in [5.41, 5.74) is 2.58. The van der Waals surface area contributed by atoms with Gasteiger partial charge in [0, 0.05) is 14.1 Å². The molecule has 0 unspecified atom stereocenters. The van der Waals surface area contributed by atoms with Gasteiger partial charge in [0.15, 0.2) is 0 Å². The van der Waals surface area contributed by atoms with Gasteiger partial charge in [-0.15, -0.1) is 0 Å². The average Bonchev–Trinajstić information content (AvgIpc) is 2.51. The molecule has 6 heteroatoms. The SMILES string of the molecule is Cc1ccc(S(=O)(=O)N(C)C)cc1C(=O)Oc1c(C)cccc1C. The molecule has 24 heavy (non-hydrogen) atoms. The first-order chi connectivity index (χ1) is 11.1. The predicted octanol–water partition coefficient (Wildman–Crippen LogP) is 3.08. The van der Waals surface area contributed by atoms with Crippen molar-refractivity contribution in [1.82, 2.24) is 4.31 Å². The molecule has 0 aromatic heterocycles. The fraction of sp³-hybridized carbons (Fsp3) is 0.278. The van der Waals surface area contributed by atoms with E-state index < -0.39 is 16.0 Å². The number of hydrogen-bond acceptors (Lipinski definition) is 4. The number of sulfonamides is 1. The molecule has 0 heterocycles. The van der Waals surface area contributed by atoms with E-state index in [1.807, 2.05) is 32.0 Å². The number of carbonyl (C=O) groups excluding carboxylic acids is 1. The number of ether oxygens (including phenoxy) is 1. The van der Waals surface area contributed by atoms with Crippen LogP contribution in [-0.2, 0) is 10.0 Å². The lowest BCUT2D eigenvalue weighted by atomic mass is 10.1. The van der Waals surface area contributed by atoms with Crippen LogP contribution >= 0.6 is 0 Å². The van der Waals surface area contributed by atoms with E-state index in [0.29, 0.717) is 11.3 Å². The van der Waals surface area contributed by atoms with Crippen molar-refractivity contribution in [2.45, 2.75) is 25.7 Å². The molecular formula is C18H21NO4S. The molecule has 0 aliphatic heterocycles. The molecule has 0 N–H and O–H groups in total. The number of hydrogen-bond donors (Lipinski definition) is 0. The number of nitrogens with zero attached hydrogens (tertiary/aromatic N) is 1. The highest BCUT2D eigenvalue weighted by atomic mass is 32.2. The fourth-order valence-electron chi connectivity index (χ4n) is 2.30. The Morgan fingerprint density at radius 1 is 0.958 bits per heavy atom. The fourth-order valence-corrected chi connectivity index (χ4v) is 3.23. The molecule has 5 nitrogen and oxygen atoms in total. The minimum absolute atomic E-state index is 0.0616. The van der Waals surface area contributed by atoms with E-state index in [9.17, 15) is 13.2 Å². The molecule has 0 bridgehead atoms. The zero-order valence-electron chi connectivity index (χ0n) is 14.5. The van der Waals surface area contributed by atoms with Gasteiger partial charge in [-0.3, -0.25) is 0 Å². The Hall–Kier alpha value is -2.18. The molecule has 0 saturated carbocycles. The highest BCUT2D eigenvalue weighted by molar-refractivity contribution is 7.89. The maximum atomic E-state index is 12.6. The van der Waals surface area contributed by atoms with Crippen LogP contribution in [0.4, 0.5) is 0 Å². The first kappa shape index (κ1) is 18.2. The van der Waals surface area contributed by atoms with Crippen LogP contribution < -0.4 is 4.74 Å². The van der Waals surface area contributed by atoms with Crippen LogP contribution in [0.15, 0.2) is 41.3 Å². The van der Waals surface area contributed by atoms with E-state index in [1.165, 1.54) is 26.2 Å². The van der Waals surface area contributed by atoms with Crippen LogP contribution in [0.2, 0.25) is 0 Å². The van der Waals surface area contributed by atoms with Crippen molar-refractivity contribution in [3.05, 3.63) is 58.7 Å². The summed E-state index contributed by atoms with van der Waals surface area (Å²) < 4.78 is 31.1. The quantitative estimate of drug-likeness (QED) is 0.630. The molecule has 2 aromatic rings. The predicted molar refractivity (Wildman–Crippen MR) is 92.9 cm³/mol.